The van der Waals surface area contributed by atoms with E-state index in [1.165, 1.54) is 6.92 Å². The Morgan fingerprint density at radius 3 is 2.17 bits per heavy atom. The minimum absolute atomic E-state index is 0.130. The van der Waals surface area contributed by atoms with Gasteiger partial charge in [0.25, 0.3) is 5.91 Å². The molecule has 162 valence electrons. The molecule has 2 rings (SSSR count). The van der Waals surface area contributed by atoms with Gasteiger partial charge >= 0.3 is 11.9 Å². The fraction of sp³-hybridized carbons (Fsp3) is 0.435. The van der Waals surface area contributed by atoms with Crippen LogP contribution in [0.1, 0.15) is 78.2 Å². The molecule has 1 aromatic heterocycles. The van der Waals surface area contributed by atoms with E-state index in [9.17, 15) is 14.4 Å². The SMILES string of the molecule is Cc1[nH]c(C(=O)O[C@@H](C)C(=O)Nc2ccccc2C(C)C)c(C)c1C(=O)OC(C)C. The Kier molecular flexibility index (Phi) is 7.43. The Labute approximate surface area is 177 Å². The molecule has 0 aliphatic heterocycles. The Hall–Kier alpha value is -3.09. The van der Waals surface area contributed by atoms with Crippen molar-refractivity contribution < 1.29 is 23.9 Å². The van der Waals surface area contributed by atoms with Gasteiger partial charge in [0.2, 0.25) is 0 Å². The number of ether oxygens (including phenoxy) is 2. The molecule has 7 heteroatoms. The van der Waals surface area contributed by atoms with Gasteiger partial charge in [-0.05, 0) is 57.7 Å². The molecule has 1 amide bonds. The molecule has 0 radical (unpaired) electrons. The number of aromatic nitrogens is 1. The van der Waals surface area contributed by atoms with Gasteiger partial charge in [0, 0.05) is 11.4 Å². The Bertz CT molecular complexity index is 943. The number of carbonyl (C=O) groups is 3. The predicted molar refractivity (Wildman–Crippen MR) is 115 cm³/mol. The monoisotopic (exact) mass is 414 g/mol. The van der Waals surface area contributed by atoms with Gasteiger partial charge < -0.3 is 19.8 Å². The molecule has 0 aliphatic carbocycles. The number of hydrogen-bond donors (Lipinski definition) is 2. The molecule has 0 fully saturated rings. The normalized spacial score (nSPS) is 12.0. The third-order valence-electron chi connectivity index (χ3n) is 4.68. The van der Waals surface area contributed by atoms with E-state index >= 15 is 0 Å². The highest BCUT2D eigenvalue weighted by Gasteiger charge is 2.27. The summed E-state index contributed by atoms with van der Waals surface area (Å²) in [6, 6.07) is 7.50. The summed E-state index contributed by atoms with van der Waals surface area (Å²) in [6.45, 7) is 12.4. The summed E-state index contributed by atoms with van der Waals surface area (Å²) in [4.78, 5) is 40.4. The number of hydrogen-bond acceptors (Lipinski definition) is 5. The third-order valence-corrected chi connectivity index (χ3v) is 4.68. The lowest BCUT2D eigenvalue weighted by molar-refractivity contribution is -0.123. The van der Waals surface area contributed by atoms with Crippen LogP contribution in [0.15, 0.2) is 24.3 Å². The zero-order valence-corrected chi connectivity index (χ0v) is 18.6. The van der Waals surface area contributed by atoms with Gasteiger partial charge in [-0.15, -0.1) is 0 Å². The summed E-state index contributed by atoms with van der Waals surface area (Å²) in [5.41, 5.74) is 3.05. The van der Waals surface area contributed by atoms with Crippen molar-refractivity contribution in [3.8, 4) is 0 Å². The number of benzene rings is 1. The van der Waals surface area contributed by atoms with Crippen molar-refractivity contribution in [2.75, 3.05) is 5.32 Å². The average molecular weight is 415 g/mol. The van der Waals surface area contributed by atoms with E-state index in [4.69, 9.17) is 9.47 Å². The quantitative estimate of drug-likeness (QED) is 0.650. The molecule has 0 saturated carbocycles. The van der Waals surface area contributed by atoms with Gasteiger partial charge in [-0.1, -0.05) is 32.0 Å². The molecule has 1 aromatic carbocycles. The summed E-state index contributed by atoms with van der Waals surface area (Å²) < 4.78 is 10.6. The average Bonchev–Trinajstić information content (AvgIpc) is 2.95. The third kappa shape index (κ3) is 5.28. The molecule has 1 heterocycles. The van der Waals surface area contributed by atoms with Crippen molar-refractivity contribution in [2.24, 2.45) is 0 Å². The lowest BCUT2D eigenvalue weighted by atomic mass is 10.0. The first kappa shape index (κ1) is 23.2. The van der Waals surface area contributed by atoms with Crippen LogP contribution in [0.25, 0.3) is 0 Å². The summed E-state index contributed by atoms with van der Waals surface area (Å²) in [5, 5.41) is 2.82. The number of rotatable bonds is 7. The maximum atomic E-state index is 12.6. The fourth-order valence-corrected chi connectivity index (χ4v) is 3.15. The first-order valence-corrected chi connectivity index (χ1v) is 10.0. The minimum Gasteiger partial charge on any atom is -0.459 e. The molecule has 0 bridgehead atoms. The standard InChI is InChI=1S/C23H30N2O5/c1-12(2)17-10-8-9-11-18(17)25-21(26)16(7)30-23(28)20-14(5)19(15(6)24-20)22(27)29-13(3)4/h8-13,16,24H,1-7H3,(H,25,26)/t16-/m0/s1. The molecule has 2 aromatic rings. The van der Waals surface area contributed by atoms with Crippen LogP contribution in [0.3, 0.4) is 0 Å². The molecule has 7 nitrogen and oxygen atoms in total. The van der Waals surface area contributed by atoms with Crippen LogP contribution in [0.5, 0.6) is 0 Å². The zero-order chi connectivity index (χ0) is 22.6. The van der Waals surface area contributed by atoms with Crippen LogP contribution in [0.4, 0.5) is 5.69 Å². The highest BCUT2D eigenvalue weighted by Crippen LogP contribution is 2.24. The number of anilines is 1. The van der Waals surface area contributed by atoms with Crippen LogP contribution >= 0.6 is 0 Å². The lowest BCUT2D eigenvalue weighted by Crippen LogP contribution is -2.30. The van der Waals surface area contributed by atoms with E-state index in [1.54, 1.807) is 27.7 Å². The van der Waals surface area contributed by atoms with Gasteiger partial charge in [0.15, 0.2) is 6.10 Å². The van der Waals surface area contributed by atoms with Gasteiger partial charge in [-0.3, -0.25) is 4.79 Å². The first-order valence-electron chi connectivity index (χ1n) is 10.0. The number of esters is 2. The van der Waals surface area contributed by atoms with E-state index in [-0.39, 0.29) is 17.7 Å². The largest absolute Gasteiger partial charge is 0.459 e. The molecule has 0 spiro atoms. The van der Waals surface area contributed by atoms with E-state index in [1.807, 2.05) is 38.1 Å². The minimum atomic E-state index is -1.02. The molecule has 30 heavy (non-hydrogen) atoms. The predicted octanol–water partition coefficient (Wildman–Crippen LogP) is 4.50. The van der Waals surface area contributed by atoms with Gasteiger partial charge in [-0.25, -0.2) is 9.59 Å². The van der Waals surface area contributed by atoms with E-state index < -0.39 is 23.9 Å². The highest BCUT2D eigenvalue weighted by atomic mass is 16.6. The number of amides is 1. The first-order chi connectivity index (χ1) is 14.0. The molecular formula is C23H30N2O5. The number of carbonyl (C=O) groups excluding carboxylic acids is 3. The van der Waals surface area contributed by atoms with Crippen molar-refractivity contribution >= 4 is 23.5 Å². The number of nitrogens with one attached hydrogen (secondary N) is 2. The maximum Gasteiger partial charge on any atom is 0.355 e. The Morgan fingerprint density at radius 1 is 0.933 bits per heavy atom. The number of aryl methyl sites for hydroxylation is 1. The topological polar surface area (TPSA) is 97.5 Å². The molecule has 0 aliphatic rings. The molecule has 0 unspecified atom stereocenters. The molecule has 1 atom stereocenters. The smallest absolute Gasteiger partial charge is 0.355 e. The van der Waals surface area contributed by atoms with Crippen LogP contribution < -0.4 is 5.32 Å². The van der Waals surface area contributed by atoms with Crippen molar-refractivity contribution in [2.45, 2.75) is 66.6 Å². The number of para-hydroxylation sites is 1. The van der Waals surface area contributed by atoms with Gasteiger partial charge in [-0.2, -0.15) is 0 Å². The van der Waals surface area contributed by atoms with Gasteiger partial charge in [0.05, 0.1) is 11.7 Å². The maximum absolute atomic E-state index is 12.6. The van der Waals surface area contributed by atoms with Crippen molar-refractivity contribution in [3.63, 3.8) is 0 Å². The van der Waals surface area contributed by atoms with Gasteiger partial charge in [0.1, 0.15) is 5.69 Å². The molecule has 2 N–H and O–H groups in total. The second kappa shape index (κ2) is 9.61. The van der Waals surface area contributed by atoms with Crippen molar-refractivity contribution in [3.05, 3.63) is 52.3 Å². The van der Waals surface area contributed by atoms with Crippen LogP contribution in [0.2, 0.25) is 0 Å². The summed E-state index contributed by atoms with van der Waals surface area (Å²) >= 11 is 0. The molecule has 0 saturated heterocycles. The van der Waals surface area contributed by atoms with Crippen LogP contribution in [-0.4, -0.2) is 35.0 Å². The van der Waals surface area contributed by atoms with Crippen LogP contribution in [0, 0.1) is 13.8 Å². The number of H-pyrrole nitrogens is 1. The Morgan fingerprint density at radius 2 is 1.57 bits per heavy atom. The van der Waals surface area contributed by atoms with Crippen LogP contribution in [-0.2, 0) is 14.3 Å². The number of aromatic amines is 1. The highest BCUT2D eigenvalue weighted by molar-refractivity contribution is 6.00. The summed E-state index contributed by atoms with van der Waals surface area (Å²) in [6.07, 6.45) is -1.30. The summed E-state index contributed by atoms with van der Waals surface area (Å²) in [5.74, 6) is -1.42. The second-order valence-corrected chi connectivity index (χ2v) is 7.86. The van der Waals surface area contributed by atoms with E-state index in [2.05, 4.69) is 10.3 Å². The lowest BCUT2D eigenvalue weighted by Gasteiger charge is -2.17. The van der Waals surface area contributed by atoms with Crippen molar-refractivity contribution in [1.29, 1.82) is 0 Å². The second-order valence-electron chi connectivity index (χ2n) is 7.86. The van der Waals surface area contributed by atoms with E-state index in [0.29, 0.717) is 22.5 Å². The van der Waals surface area contributed by atoms with Crippen molar-refractivity contribution in [1.82, 2.24) is 4.98 Å². The summed E-state index contributed by atoms with van der Waals surface area (Å²) in [7, 11) is 0. The fourth-order valence-electron chi connectivity index (χ4n) is 3.15. The van der Waals surface area contributed by atoms with E-state index in [0.717, 1.165) is 5.56 Å². The Balaban J connectivity index is 2.13. The molecular weight excluding hydrogens is 384 g/mol. The zero-order valence-electron chi connectivity index (χ0n) is 18.6.